The molecule has 0 atom stereocenters. The molecule has 0 spiro atoms. The fraction of sp³-hybridized carbons (Fsp3) is 0.111. The molecule has 0 unspecified atom stereocenters. The van der Waals surface area contributed by atoms with E-state index in [0.717, 1.165) is 10.9 Å². The van der Waals surface area contributed by atoms with Crippen LogP contribution in [0.3, 0.4) is 0 Å². The van der Waals surface area contributed by atoms with Crippen molar-refractivity contribution in [1.82, 2.24) is 19.1 Å². The van der Waals surface area contributed by atoms with Crippen molar-refractivity contribution in [3.8, 4) is 0 Å². The van der Waals surface area contributed by atoms with E-state index in [0.29, 0.717) is 26.4 Å². The number of nitrogens with zero attached hydrogens (tertiary/aromatic N) is 3. The van der Waals surface area contributed by atoms with Crippen LogP contribution in [0.1, 0.15) is 10.4 Å². The van der Waals surface area contributed by atoms with E-state index in [1.54, 1.807) is 16.8 Å². The third-order valence-corrected chi connectivity index (χ3v) is 5.59. The van der Waals surface area contributed by atoms with Crippen molar-refractivity contribution in [3.05, 3.63) is 69.3 Å². The van der Waals surface area contributed by atoms with Crippen LogP contribution in [0.5, 0.6) is 0 Å². The highest BCUT2D eigenvalue weighted by Gasteiger charge is 2.16. The van der Waals surface area contributed by atoms with E-state index in [-0.39, 0.29) is 17.9 Å². The second-order valence-electron chi connectivity index (χ2n) is 5.77. The van der Waals surface area contributed by atoms with Crippen molar-refractivity contribution in [2.24, 2.45) is 0 Å². The molecule has 3 heterocycles. The minimum Gasteiger partial charge on any atom is -0.360 e. The summed E-state index contributed by atoms with van der Waals surface area (Å²) in [6, 6.07) is 7.56. The van der Waals surface area contributed by atoms with Crippen LogP contribution < -0.4 is 5.56 Å². The maximum Gasteiger partial charge on any atom is 0.273 e. The van der Waals surface area contributed by atoms with Crippen LogP contribution in [0.15, 0.2) is 54.2 Å². The Morgan fingerprint density at radius 1 is 1.38 bits per heavy atom. The summed E-state index contributed by atoms with van der Waals surface area (Å²) in [6.45, 7) is 4.11. The lowest BCUT2D eigenvalue weighted by molar-refractivity contribution is 0.0972. The molecular weight excluding hydrogens is 368 g/mol. The second kappa shape index (κ2) is 6.47. The van der Waals surface area contributed by atoms with Gasteiger partial charge in [0.05, 0.1) is 6.54 Å². The van der Waals surface area contributed by atoms with Gasteiger partial charge < -0.3 is 9.55 Å². The summed E-state index contributed by atoms with van der Waals surface area (Å²) in [5, 5.41) is 0.840. The lowest BCUT2D eigenvalue weighted by Gasteiger charge is -2.05. The maximum absolute atomic E-state index is 12.8. The van der Waals surface area contributed by atoms with Crippen LogP contribution in [-0.2, 0) is 13.1 Å². The van der Waals surface area contributed by atoms with Crippen LogP contribution in [0, 0.1) is 3.95 Å². The van der Waals surface area contributed by atoms with Gasteiger partial charge in [-0.15, -0.1) is 6.58 Å². The lowest BCUT2D eigenvalue weighted by atomic mass is 10.1. The number of aromatic amines is 1. The summed E-state index contributed by atoms with van der Waals surface area (Å²) in [4.78, 5) is 32.9. The highest BCUT2D eigenvalue weighted by Crippen LogP contribution is 2.20. The molecule has 26 heavy (non-hydrogen) atoms. The average molecular weight is 382 g/mol. The number of rotatable bonds is 5. The monoisotopic (exact) mass is 382 g/mol. The number of carbonyl (C=O) groups is 1. The molecule has 0 aliphatic heterocycles. The Kier molecular flexibility index (Phi) is 4.14. The van der Waals surface area contributed by atoms with Gasteiger partial charge in [-0.3, -0.25) is 14.2 Å². The normalized spacial score (nSPS) is 11.2. The van der Waals surface area contributed by atoms with Crippen molar-refractivity contribution in [2.45, 2.75) is 13.1 Å². The van der Waals surface area contributed by atoms with Gasteiger partial charge in [0.1, 0.15) is 11.0 Å². The Morgan fingerprint density at radius 2 is 2.19 bits per heavy atom. The molecule has 8 heteroatoms. The van der Waals surface area contributed by atoms with Crippen LogP contribution in [0.2, 0.25) is 0 Å². The summed E-state index contributed by atoms with van der Waals surface area (Å²) in [6.07, 6.45) is 4.78. The number of fused-ring (bicyclic) bond motifs is 2. The zero-order chi connectivity index (χ0) is 18.3. The number of thiazole rings is 1. The maximum atomic E-state index is 12.8. The second-order valence-corrected chi connectivity index (χ2v) is 7.41. The molecule has 0 bridgehead atoms. The van der Waals surface area contributed by atoms with Crippen molar-refractivity contribution >= 4 is 50.6 Å². The largest absolute Gasteiger partial charge is 0.360 e. The molecule has 0 saturated carbocycles. The standard InChI is InChI=1S/C18H14N4O2S2/c1-2-7-22-16-15(26-18(22)25)17(24)21(10-20-16)9-14(23)12-8-19-13-6-4-3-5-11(12)13/h2-6,8,10,19H,1,7,9H2. The van der Waals surface area contributed by atoms with Gasteiger partial charge in [0.2, 0.25) is 0 Å². The highest BCUT2D eigenvalue weighted by atomic mass is 32.1. The number of nitrogens with one attached hydrogen (secondary N) is 1. The fourth-order valence-corrected chi connectivity index (χ4v) is 4.23. The Hall–Kier alpha value is -2.84. The first-order valence-corrected chi connectivity index (χ1v) is 9.11. The van der Waals surface area contributed by atoms with Gasteiger partial charge in [0.25, 0.3) is 5.56 Å². The Morgan fingerprint density at radius 3 is 3.00 bits per heavy atom. The molecule has 0 saturated heterocycles. The molecule has 0 aliphatic carbocycles. The number of hydrogen-bond acceptors (Lipinski definition) is 5. The Balaban J connectivity index is 1.74. The number of benzene rings is 1. The molecule has 0 radical (unpaired) electrons. The zero-order valence-corrected chi connectivity index (χ0v) is 15.3. The third-order valence-electron chi connectivity index (χ3n) is 4.16. The molecule has 4 aromatic rings. The van der Waals surface area contributed by atoms with Gasteiger partial charge in [0, 0.05) is 29.2 Å². The van der Waals surface area contributed by atoms with Crippen LogP contribution in [-0.4, -0.2) is 24.9 Å². The van der Waals surface area contributed by atoms with Crippen molar-refractivity contribution in [3.63, 3.8) is 0 Å². The van der Waals surface area contributed by atoms with Crippen molar-refractivity contribution in [1.29, 1.82) is 0 Å². The number of carbonyl (C=O) groups excluding carboxylic acids is 1. The summed E-state index contributed by atoms with van der Waals surface area (Å²) in [7, 11) is 0. The van der Waals surface area contributed by atoms with Gasteiger partial charge in [-0.05, 0) is 18.3 Å². The summed E-state index contributed by atoms with van der Waals surface area (Å²) >= 11 is 6.50. The Labute approximate surface area is 157 Å². The molecule has 130 valence electrons. The number of aromatic nitrogens is 4. The number of ketones is 1. The molecule has 3 aromatic heterocycles. The minimum absolute atomic E-state index is 0.0737. The van der Waals surface area contributed by atoms with Gasteiger partial charge in [-0.2, -0.15) is 0 Å². The summed E-state index contributed by atoms with van der Waals surface area (Å²) in [5.41, 5.74) is 1.71. The highest BCUT2D eigenvalue weighted by molar-refractivity contribution is 7.73. The van der Waals surface area contributed by atoms with Gasteiger partial charge in [0.15, 0.2) is 15.4 Å². The van der Waals surface area contributed by atoms with E-state index in [4.69, 9.17) is 12.2 Å². The van der Waals surface area contributed by atoms with E-state index >= 15 is 0 Å². The first kappa shape index (κ1) is 16.6. The van der Waals surface area contributed by atoms with E-state index in [9.17, 15) is 9.59 Å². The molecule has 6 nitrogen and oxygen atoms in total. The number of H-pyrrole nitrogens is 1. The first-order valence-electron chi connectivity index (χ1n) is 7.89. The Bertz CT molecular complexity index is 1280. The fourth-order valence-electron chi connectivity index (χ4n) is 2.92. The van der Waals surface area contributed by atoms with Crippen LogP contribution >= 0.6 is 23.6 Å². The van der Waals surface area contributed by atoms with Gasteiger partial charge in [-0.1, -0.05) is 35.6 Å². The predicted molar refractivity (Wildman–Crippen MR) is 106 cm³/mol. The molecule has 0 aliphatic rings. The van der Waals surface area contributed by atoms with E-state index in [2.05, 4.69) is 16.5 Å². The van der Waals surface area contributed by atoms with Gasteiger partial charge in [-0.25, -0.2) is 4.98 Å². The molecule has 1 aromatic carbocycles. The number of Topliss-reactive ketones (excluding diaryl/α,β-unsaturated/α-hetero) is 1. The first-order chi connectivity index (χ1) is 12.6. The van der Waals surface area contributed by atoms with E-state index in [1.165, 1.54) is 22.2 Å². The molecule has 1 N–H and O–H groups in total. The number of allylic oxidation sites excluding steroid dienone is 1. The molecule has 4 rings (SSSR count). The van der Waals surface area contributed by atoms with Crippen molar-refractivity contribution < 1.29 is 4.79 Å². The van der Waals surface area contributed by atoms with Crippen LogP contribution in [0.25, 0.3) is 21.3 Å². The van der Waals surface area contributed by atoms with Gasteiger partial charge >= 0.3 is 0 Å². The number of hydrogen-bond donors (Lipinski definition) is 1. The lowest BCUT2D eigenvalue weighted by Crippen LogP contribution is -2.24. The predicted octanol–water partition coefficient (Wildman–Crippen LogP) is 3.54. The summed E-state index contributed by atoms with van der Waals surface area (Å²) in [5.74, 6) is -0.153. The molecule has 0 fully saturated rings. The zero-order valence-electron chi connectivity index (χ0n) is 13.6. The minimum atomic E-state index is -0.262. The average Bonchev–Trinajstić information content (AvgIpc) is 3.20. The third kappa shape index (κ3) is 2.63. The molecular formula is C18H14N4O2S2. The molecule has 0 amide bonds. The number of para-hydroxylation sites is 1. The SMILES string of the molecule is C=CCn1c(=S)sc2c(=O)n(CC(=O)c3c[nH]c4ccccc34)cnc21. The topological polar surface area (TPSA) is 72.7 Å². The van der Waals surface area contributed by atoms with E-state index < -0.39 is 0 Å². The quantitative estimate of drug-likeness (QED) is 0.326. The van der Waals surface area contributed by atoms with E-state index in [1.807, 2.05) is 24.3 Å². The summed E-state index contributed by atoms with van der Waals surface area (Å²) < 4.78 is 4.10. The van der Waals surface area contributed by atoms with Crippen LogP contribution in [0.4, 0.5) is 0 Å². The van der Waals surface area contributed by atoms with Crippen molar-refractivity contribution in [2.75, 3.05) is 0 Å². The smallest absolute Gasteiger partial charge is 0.273 e.